The zero-order valence-electron chi connectivity index (χ0n) is 5.13. The molecule has 1 aromatic heterocycles. The van der Waals surface area contributed by atoms with Crippen molar-refractivity contribution in [2.45, 2.75) is 0 Å². The first kappa shape index (κ1) is 7.27. The highest BCUT2D eigenvalue weighted by atomic mass is 79.9. The van der Waals surface area contributed by atoms with Gasteiger partial charge in [-0.05, 0) is 15.9 Å². The number of esters is 1. The largest absolute Gasteiger partial charge is 0.463 e. The normalized spacial score (nSPS) is 9.40. The maximum Gasteiger partial charge on any atom is 0.378 e. The van der Waals surface area contributed by atoms with Gasteiger partial charge in [-0.25, -0.2) is 4.79 Å². The lowest BCUT2D eigenvalue weighted by atomic mass is 10.5. The van der Waals surface area contributed by atoms with Crippen LogP contribution in [0, 0.1) is 0 Å². The van der Waals surface area contributed by atoms with Gasteiger partial charge in [0.05, 0.1) is 17.8 Å². The first-order chi connectivity index (χ1) is 4.75. The van der Waals surface area contributed by atoms with Gasteiger partial charge in [0.1, 0.15) is 0 Å². The second kappa shape index (κ2) is 2.83. The highest BCUT2D eigenvalue weighted by Gasteiger charge is 2.14. The summed E-state index contributed by atoms with van der Waals surface area (Å²) in [5, 5.41) is 3.37. The zero-order valence-corrected chi connectivity index (χ0v) is 6.71. The summed E-state index contributed by atoms with van der Waals surface area (Å²) in [7, 11) is 1.28. The van der Waals surface area contributed by atoms with E-state index in [0.717, 1.165) is 0 Å². The number of carbonyl (C=O) groups excluding carboxylic acids is 1. The maximum absolute atomic E-state index is 10.7. The van der Waals surface area contributed by atoms with Crippen LogP contribution < -0.4 is 0 Å². The van der Waals surface area contributed by atoms with Crippen LogP contribution >= 0.6 is 15.9 Å². The van der Waals surface area contributed by atoms with Crippen molar-refractivity contribution < 1.29 is 14.1 Å². The van der Waals surface area contributed by atoms with Gasteiger partial charge in [0, 0.05) is 0 Å². The lowest BCUT2D eigenvalue weighted by Crippen LogP contribution is -1.99. The summed E-state index contributed by atoms with van der Waals surface area (Å²) in [6.07, 6.45) is 1.38. The molecule has 0 aromatic carbocycles. The fourth-order valence-corrected chi connectivity index (χ4v) is 0.773. The minimum absolute atomic E-state index is 0.0856. The van der Waals surface area contributed by atoms with Gasteiger partial charge in [-0.1, -0.05) is 5.16 Å². The van der Waals surface area contributed by atoms with Crippen LogP contribution in [-0.2, 0) is 4.74 Å². The molecule has 4 nitrogen and oxygen atoms in total. The third-order valence-corrected chi connectivity index (χ3v) is 1.46. The van der Waals surface area contributed by atoms with E-state index in [0.29, 0.717) is 4.47 Å². The molecule has 0 radical (unpaired) electrons. The lowest BCUT2D eigenvalue weighted by Gasteiger charge is -1.90. The average Bonchev–Trinajstić information content (AvgIpc) is 2.34. The third-order valence-electron chi connectivity index (χ3n) is 0.898. The van der Waals surface area contributed by atoms with Gasteiger partial charge in [-0.2, -0.15) is 0 Å². The zero-order chi connectivity index (χ0) is 7.56. The van der Waals surface area contributed by atoms with Gasteiger partial charge in [-0.3, -0.25) is 0 Å². The molecule has 0 aliphatic rings. The molecule has 0 saturated heterocycles. The summed E-state index contributed by atoms with van der Waals surface area (Å²) in [6.45, 7) is 0. The fraction of sp³-hybridized carbons (Fsp3) is 0.200. The smallest absolute Gasteiger partial charge is 0.378 e. The second-order valence-corrected chi connectivity index (χ2v) is 2.35. The predicted molar refractivity (Wildman–Crippen MR) is 35.5 cm³/mol. The lowest BCUT2D eigenvalue weighted by molar-refractivity contribution is 0.0553. The molecule has 0 saturated carbocycles. The highest BCUT2D eigenvalue weighted by molar-refractivity contribution is 9.10. The van der Waals surface area contributed by atoms with Crippen LogP contribution in [0.4, 0.5) is 0 Å². The summed E-state index contributed by atoms with van der Waals surface area (Å²) in [5.41, 5.74) is 0. The summed E-state index contributed by atoms with van der Waals surface area (Å²) < 4.78 is 9.42. The number of halogens is 1. The van der Waals surface area contributed by atoms with Crippen molar-refractivity contribution in [2.75, 3.05) is 7.11 Å². The molecule has 0 bridgehead atoms. The Morgan fingerprint density at radius 1 is 1.90 bits per heavy atom. The van der Waals surface area contributed by atoms with Crippen LogP contribution in [0.2, 0.25) is 0 Å². The maximum atomic E-state index is 10.7. The Bertz CT molecular complexity index is 245. The molecule has 0 amide bonds. The Kier molecular flexibility index (Phi) is 2.06. The number of hydrogen-bond acceptors (Lipinski definition) is 4. The van der Waals surface area contributed by atoms with Gasteiger partial charge in [-0.15, -0.1) is 0 Å². The molecule has 1 heterocycles. The first-order valence-electron chi connectivity index (χ1n) is 2.44. The summed E-state index contributed by atoms with van der Waals surface area (Å²) >= 11 is 3.05. The van der Waals surface area contributed by atoms with Crippen LogP contribution in [0.25, 0.3) is 0 Å². The van der Waals surface area contributed by atoms with Crippen LogP contribution in [0.5, 0.6) is 0 Å². The Labute approximate surface area is 65.3 Å². The van der Waals surface area contributed by atoms with E-state index in [-0.39, 0.29) is 5.76 Å². The fourth-order valence-electron chi connectivity index (χ4n) is 0.455. The van der Waals surface area contributed by atoms with Gasteiger partial charge in [0.2, 0.25) is 0 Å². The van der Waals surface area contributed by atoms with Crippen LogP contribution in [0.3, 0.4) is 0 Å². The monoisotopic (exact) mass is 205 g/mol. The second-order valence-electron chi connectivity index (χ2n) is 1.49. The van der Waals surface area contributed by atoms with E-state index in [1.807, 2.05) is 0 Å². The number of carbonyl (C=O) groups is 1. The number of rotatable bonds is 1. The number of aromatic nitrogens is 1. The van der Waals surface area contributed by atoms with Crippen LogP contribution in [0.1, 0.15) is 10.6 Å². The molecule has 54 valence electrons. The van der Waals surface area contributed by atoms with Gasteiger partial charge < -0.3 is 9.26 Å². The van der Waals surface area contributed by atoms with Gasteiger partial charge in [0.15, 0.2) is 0 Å². The van der Waals surface area contributed by atoms with Crippen LogP contribution in [-0.4, -0.2) is 18.2 Å². The molecule has 10 heavy (non-hydrogen) atoms. The third kappa shape index (κ3) is 1.18. The topological polar surface area (TPSA) is 52.3 Å². The Morgan fingerprint density at radius 3 is 3.00 bits per heavy atom. The Balaban J connectivity index is 2.93. The van der Waals surface area contributed by atoms with Crippen LogP contribution in [0.15, 0.2) is 15.2 Å². The van der Waals surface area contributed by atoms with E-state index in [4.69, 9.17) is 0 Å². The van der Waals surface area contributed by atoms with E-state index in [2.05, 4.69) is 30.3 Å². The standard InChI is InChI=1S/C5H4BrNO3/c1-9-5(8)4-3(6)2-7-10-4/h2H,1H3. The van der Waals surface area contributed by atoms with Crippen molar-refractivity contribution in [3.63, 3.8) is 0 Å². The number of ether oxygens (including phenoxy) is 1. The quantitative estimate of drug-likeness (QED) is 0.648. The van der Waals surface area contributed by atoms with E-state index in [1.165, 1.54) is 13.3 Å². The molecule has 0 N–H and O–H groups in total. The molecule has 0 aliphatic carbocycles. The predicted octanol–water partition coefficient (Wildman–Crippen LogP) is 1.22. The van der Waals surface area contributed by atoms with E-state index < -0.39 is 5.97 Å². The number of nitrogens with zero attached hydrogens (tertiary/aromatic N) is 1. The highest BCUT2D eigenvalue weighted by Crippen LogP contribution is 2.15. The average molecular weight is 206 g/mol. The van der Waals surface area contributed by atoms with E-state index in [9.17, 15) is 4.79 Å². The first-order valence-corrected chi connectivity index (χ1v) is 3.23. The molecular weight excluding hydrogens is 202 g/mol. The van der Waals surface area contributed by atoms with Crippen molar-refractivity contribution in [1.29, 1.82) is 0 Å². The van der Waals surface area contributed by atoms with Gasteiger partial charge in [0.25, 0.3) is 5.76 Å². The molecule has 0 aliphatic heterocycles. The molecule has 0 atom stereocenters. The minimum Gasteiger partial charge on any atom is -0.463 e. The Hall–Kier alpha value is -0.840. The molecule has 0 spiro atoms. The summed E-state index contributed by atoms with van der Waals surface area (Å²) in [4.78, 5) is 10.7. The van der Waals surface area contributed by atoms with E-state index in [1.54, 1.807) is 0 Å². The molecule has 0 unspecified atom stereocenters. The van der Waals surface area contributed by atoms with E-state index >= 15 is 0 Å². The number of methoxy groups -OCH3 is 1. The van der Waals surface area contributed by atoms with Crippen molar-refractivity contribution in [3.8, 4) is 0 Å². The molecule has 5 heteroatoms. The SMILES string of the molecule is COC(=O)c1oncc1Br. The molecule has 0 fully saturated rings. The van der Waals surface area contributed by atoms with Crippen molar-refractivity contribution >= 4 is 21.9 Å². The van der Waals surface area contributed by atoms with Gasteiger partial charge >= 0.3 is 5.97 Å². The van der Waals surface area contributed by atoms with Crippen molar-refractivity contribution in [1.82, 2.24) is 5.16 Å². The minimum atomic E-state index is -0.538. The molecule has 1 rings (SSSR count). The summed E-state index contributed by atoms with van der Waals surface area (Å²) in [5.74, 6) is -0.452. The Morgan fingerprint density at radius 2 is 2.60 bits per heavy atom. The molecule has 1 aromatic rings. The molecular formula is C5H4BrNO3. The summed E-state index contributed by atoms with van der Waals surface area (Å²) in [6, 6.07) is 0. The van der Waals surface area contributed by atoms with Crippen molar-refractivity contribution in [3.05, 3.63) is 16.4 Å². The van der Waals surface area contributed by atoms with Crippen molar-refractivity contribution in [2.24, 2.45) is 0 Å². The number of hydrogen-bond donors (Lipinski definition) is 0.